The monoisotopic (exact) mass is 331 g/mol. The molecular weight excluding hydrogens is 306 g/mol. The summed E-state index contributed by atoms with van der Waals surface area (Å²) < 4.78 is 0. The Hall–Kier alpha value is -2.31. The number of anilines is 1. The van der Waals surface area contributed by atoms with E-state index in [4.69, 9.17) is 5.73 Å². The molecule has 3 rings (SSSR count). The predicted molar refractivity (Wildman–Crippen MR) is 91.4 cm³/mol. The van der Waals surface area contributed by atoms with Crippen LogP contribution in [0.15, 0.2) is 18.3 Å². The number of amides is 3. The number of urea groups is 1. The van der Waals surface area contributed by atoms with Gasteiger partial charge in [-0.1, -0.05) is 6.07 Å². The van der Waals surface area contributed by atoms with Gasteiger partial charge in [0.15, 0.2) is 0 Å². The summed E-state index contributed by atoms with van der Waals surface area (Å²) >= 11 is 0. The lowest BCUT2D eigenvalue weighted by Gasteiger charge is -2.30. The van der Waals surface area contributed by atoms with Gasteiger partial charge in [-0.2, -0.15) is 0 Å². The van der Waals surface area contributed by atoms with Crippen molar-refractivity contribution in [2.24, 2.45) is 11.7 Å². The first-order valence-electron chi connectivity index (χ1n) is 8.65. The Morgan fingerprint density at radius 2 is 2.00 bits per heavy atom. The van der Waals surface area contributed by atoms with Crippen molar-refractivity contribution < 1.29 is 9.59 Å². The normalized spacial score (nSPS) is 20.9. The molecule has 3 heterocycles. The molecule has 0 aliphatic carbocycles. The highest BCUT2D eigenvalue weighted by Gasteiger charge is 2.27. The molecule has 24 heavy (non-hydrogen) atoms. The Balaban J connectivity index is 1.49. The predicted octanol–water partition coefficient (Wildman–Crippen LogP) is 1.09. The summed E-state index contributed by atoms with van der Waals surface area (Å²) in [5.41, 5.74) is 6.28. The topological polar surface area (TPSA) is 91.6 Å². The van der Waals surface area contributed by atoms with Crippen LogP contribution < -0.4 is 16.0 Å². The number of hydrogen-bond acceptors (Lipinski definition) is 4. The summed E-state index contributed by atoms with van der Waals surface area (Å²) in [5.74, 6) is 0.805. The fraction of sp³-hybridized carbons (Fsp3) is 0.588. The minimum atomic E-state index is -0.450. The summed E-state index contributed by atoms with van der Waals surface area (Å²) in [5, 5.41) is 2.95. The molecule has 130 valence electrons. The minimum Gasteiger partial charge on any atom is -0.357 e. The van der Waals surface area contributed by atoms with Gasteiger partial charge in [0.05, 0.1) is 5.92 Å². The van der Waals surface area contributed by atoms with Crippen molar-refractivity contribution in [2.45, 2.75) is 32.2 Å². The van der Waals surface area contributed by atoms with E-state index >= 15 is 0 Å². The van der Waals surface area contributed by atoms with Crippen LogP contribution in [0.25, 0.3) is 0 Å². The van der Waals surface area contributed by atoms with Gasteiger partial charge in [0.2, 0.25) is 5.91 Å². The molecule has 1 aromatic rings. The van der Waals surface area contributed by atoms with E-state index in [9.17, 15) is 9.59 Å². The van der Waals surface area contributed by atoms with Crippen molar-refractivity contribution in [3.8, 4) is 0 Å². The smallest absolute Gasteiger partial charge is 0.314 e. The van der Waals surface area contributed by atoms with Crippen molar-refractivity contribution in [3.63, 3.8) is 0 Å². The molecule has 0 aromatic carbocycles. The van der Waals surface area contributed by atoms with Gasteiger partial charge in [0.25, 0.3) is 0 Å². The zero-order chi connectivity index (χ0) is 16.9. The number of nitrogens with zero attached hydrogens (tertiary/aromatic N) is 3. The van der Waals surface area contributed by atoms with Crippen molar-refractivity contribution in [1.82, 2.24) is 15.2 Å². The summed E-state index contributed by atoms with van der Waals surface area (Å²) in [7, 11) is 0. The minimum absolute atomic E-state index is 0.0235. The summed E-state index contributed by atoms with van der Waals surface area (Å²) in [6.07, 6.45) is 5.88. The Morgan fingerprint density at radius 1 is 1.21 bits per heavy atom. The third-order valence-corrected chi connectivity index (χ3v) is 4.81. The molecule has 2 saturated heterocycles. The molecule has 2 aliphatic heterocycles. The van der Waals surface area contributed by atoms with E-state index in [1.54, 1.807) is 4.90 Å². The lowest BCUT2D eigenvalue weighted by atomic mass is 9.97. The fourth-order valence-corrected chi connectivity index (χ4v) is 3.38. The number of piperidine rings is 1. The second kappa shape index (κ2) is 7.51. The number of carbonyl (C=O) groups is 2. The fourth-order valence-electron chi connectivity index (χ4n) is 3.38. The highest BCUT2D eigenvalue weighted by molar-refractivity contribution is 5.80. The molecule has 7 heteroatoms. The van der Waals surface area contributed by atoms with Gasteiger partial charge < -0.3 is 20.9 Å². The zero-order valence-electron chi connectivity index (χ0n) is 13.9. The van der Waals surface area contributed by atoms with Gasteiger partial charge in [-0.15, -0.1) is 0 Å². The van der Waals surface area contributed by atoms with Gasteiger partial charge >= 0.3 is 6.03 Å². The van der Waals surface area contributed by atoms with Crippen molar-refractivity contribution in [1.29, 1.82) is 0 Å². The maximum absolute atomic E-state index is 12.3. The van der Waals surface area contributed by atoms with Crippen molar-refractivity contribution in [2.75, 3.05) is 31.1 Å². The number of pyridine rings is 1. The lowest BCUT2D eigenvalue weighted by molar-refractivity contribution is -0.126. The standard InChI is InChI=1S/C17H25N5O2/c18-17(24)22-9-3-4-14(12-22)16(23)20-11-13-5-6-15(19-10-13)21-7-1-2-8-21/h5-6,10,14H,1-4,7-9,11-12H2,(H2,18,24)(H,20,23). The molecule has 0 saturated carbocycles. The average Bonchev–Trinajstić information content (AvgIpc) is 3.15. The SMILES string of the molecule is NC(=O)N1CCCC(C(=O)NCc2ccc(N3CCCC3)nc2)C1. The maximum Gasteiger partial charge on any atom is 0.314 e. The molecule has 3 amide bonds. The molecule has 0 spiro atoms. The van der Waals surface area contributed by atoms with Crippen molar-refractivity contribution in [3.05, 3.63) is 23.9 Å². The molecule has 3 N–H and O–H groups in total. The molecule has 1 atom stereocenters. The van der Waals surface area contributed by atoms with Crippen LogP contribution >= 0.6 is 0 Å². The number of nitrogens with two attached hydrogens (primary N) is 1. The first-order chi connectivity index (χ1) is 11.6. The summed E-state index contributed by atoms with van der Waals surface area (Å²) in [6.45, 7) is 3.65. The summed E-state index contributed by atoms with van der Waals surface area (Å²) in [4.78, 5) is 31.9. The van der Waals surface area contributed by atoms with E-state index in [0.29, 0.717) is 19.6 Å². The second-order valence-electron chi connectivity index (χ2n) is 6.56. The van der Waals surface area contributed by atoms with E-state index in [2.05, 4.69) is 15.2 Å². The number of nitrogens with one attached hydrogen (secondary N) is 1. The van der Waals surface area contributed by atoms with Gasteiger partial charge in [-0.3, -0.25) is 4.79 Å². The molecule has 7 nitrogen and oxygen atoms in total. The first-order valence-corrected chi connectivity index (χ1v) is 8.65. The van der Waals surface area contributed by atoms with Crippen LogP contribution in [0.1, 0.15) is 31.2 Å². The van der Waals surface area contributed by atoms with E-state index < -0.39 is 6.03 Å². The molecule has 2 aliphatic rings. The van der Waals surface area contributed by atoms with Gasteiger partial charge in [0.1, 0.15) is 5.82 Å². The molecule has 0 radical (unpaired) electrons. The van der Waals surface area contributed by atoms with Crippen LogP contribution in [0.3, 0.4) is 0 Å². The summed E-state index contributed by atoms with van der Waals surface area (Å²) in [6, 6.07) is 3.58. The zero-order valence-corrected chi connectivity index (χ0v) is 13.9. The van der Waals surface area contributed by atoms with Crippen LogP contribution in [0.4, 0.5) is 10.6 Å². The molecule has 1 unspecified atom stereocenters. The van der Waals surface area contributed by atoms with Gasteiger partial charge in [0, 0.05) is 38.9 Å². The largest absolute Gasteiger partial charge is 0.357 e. The number of likely N-dealkylation sites (tertiary alicyclic amines) is 1. The number of primary amides is 1. The maximum atomic E-state index is 12.3. The van der Waals surface area contributed by atoms with Crippen LogP contribution in [0.5, 0.6) is 0 Å². The molecule has 0 bridgehead atoms. The third-order valence-electron chi connectivity index (χ3n) is 4.81. The van der Waals surface area contributed by atoms with Crippen LogP contribution in [-0.4, -0.2) is 48.0 Å². The van der Waals surface area contributed by atoms with Gasteiger partial charge in [-0.25, -0.2) is 9.78 Å². The van der Waals surface area contributed by atoms with E-state index in [-0.39, 0.29) is 11.8 Å². The number of carbonyl (C=O) groups excluding carboxylic acids is 2. The number of aromatic nitrogens is 1. The molecular formula is C17H25N5O2. The van der Waals surface area contributed by atoms with Crippen LogP contribution in [0.2, 0.25) is 0 Å². The number of hydrogen-bond donors (Lipinski definition) is 2. The van der Waals surface area contributed by atoms with Crippen LogP contribution in [-0.2, 0) is 11.3 Å². The quantitative estimate of drug-likeness (QED) is 0.864. The highest BCUT2D eigenvalue weighted by Crippen LogP contribution is 2.18. The van der Waals surface area contributed by atoms with E-state index in [1.807, 2.05) is 18.3 Å². The van der Waals surface area contributed by atoms with E-state index in [1.165, 1.54) is 12.8 Å². The Kier molecular flexibility index (Phi) is 5.17. The molecule has 2 fully saturated rings. The van der Waals surface area contributed by atoms with Crippen molar-refractivity contribution >= 4 is 17.8 Å². The number of rotatable bonds is 4. The third kappa shape index (κ3) is 3.96. The van der Waals surface area contributed by atoms with E-state index in [0.717, 1.165) is 37.3 Å². The lowest BCUT2D eigenvalue weighted by Crippen LogP contribution is -2.47. The Bertz CT molecular complexity index is 583. The highest BCUT2D eigenvalue weighted by atomic mass is 16.2. The Labute approximate surface area is 142 Å². The second-order valence-corrected chi connectivity index (χ2v) is 6.56. The Morgan fingerprint density at radius 3 is 2.67 bits per heavy atom. The first kappa shape index (κ1) is 16.5. The molecule has 1 aromatic heterocycles. The van der Waals surface area contributed by atoms with Crippen LogP contribution in [0, 0.1) is 5.92 Å². The van der Waals surface area contributed by atoms with Gasteiger partial charge in [-0.05, 0) is 37.3 Å². The average molecular weight is 331 g/mol.